The van der Waals surface area contributed by atoms with Gasteiger partial charge >= 0.3 is 0 Å². The monoisotopic (exact) mass is 262 g/mol. The van der Waals surface area contributed by atoms with E-state index in [9.17, 15) is 0 Å². The number of methoxy groups -OCH3 is 1. The van der Waals surface area contributed by atoms with Crippen LogP contribution < -0.4 is 0 Å². The number of nitrogens with zero attached hydrogens (tertiary/aromatic N) is 2. The number of piperidine rings is 1. The van der Waals surface area contributed by atoms with E-state index in [0.29, 0.717) is 11.8 Å². The van der Waals surface area contributed by atoms with E-state index in [4.69, 9.17) is 4.74 Å². The number of hydrogen-bond acceptors (Lipinski definition) is 3. The predicted octanol–water partition coefficient (Wildman–Crippen LogP) is 3.03. The van der Waals surface area contributed by atoms with Crippen LogP contribution >= 0.6 is 0 Å². The number of rotatable bonds is 5. The molecule has 1 aliphatic heterocycles. The van der Waals surface area contributed by atoms with Gasteiger partial charge in [-0.05, 0) is 43.5 Å². The summed E-state index contributed by atoms with van der Waals surface area (Å²) < 4.78 is 5.14. The van der Waals surface area contributed by atoms with Crippen LogP contribution in [0.5, 0.6) is 0 Å². The Hall–Kier alpha value is -0.930. The van der Waals surface area contributed by atoms with Crippen LogP contribution in [0.25, 0.3) is 0 Å². The Bertz CT molecular complexity index is 367. The van der Waals surface area contributed by atoms with Crippen LogP contribution in [0.4, 0.5) is 0 Å². The summed E-state index contributed by atoms with van der Waals surface area (Å²) in [6.45, 7) is 8.66. The summed E-state index contributed by atoms with van der Waals surface area (Å²) in [5.41, 5.74) is 2.61. The minimum Gasteiger partial charge on any atom is -0.383 e. The fourth-order valence-corrected chi connectivity index (χ4v) is 2.67. The predicted molar refractivity (Wildman–Crippen MR) is 78.6 cm³/mol. The van der Waals surface area contributed by atoms with Crippen molar-refractivity contribution in [2.45, 2.75) is 38.5 Å². The maximum absolute atomic E-state index is 5.14. The molecule has 0 aromatic carbocycles. The van der Waals surface area contributed by atoms with Crippen molar-refractivity contribution in [2.75, 3.05) is 33.4 Å². The van der Waals surface area contributed by atoms with Gasteiger partial charge in [0.1, 0.15) is 0 Å². The van der Waals surface area contributed by atoms with Gasteiger partial charge in [0.2, 0.25) is 0 Å². The van der Waals surface area contributed by atoms with Crippen molar-refractivity contribution in [3.8, 4) is 0 Å². The number of hydrogen-bond donors (Lipinski definition) is 0. The molecule has 1 aromatic rings. The highest BCUT2D eigenvalue weighted by Crippen LogP contribution is 2.27. The summed E-state index contributed by atoms with van der Waals surface area (Å²) in [4.78, 5) is 7.16. The van der Waals surface area contributed by atoms with E-state index >= 15 is 0 Å². The summed E-state index contributed by atoms with van der Waals surface area (Å²) >= 11 is 0. The van der Waals surface area contributed by atoms with Crippen LogP contribution in [0.3, 0.4) is 0 Å². The van der Waals surface area contributed by atoms with E-state index in [1.54, 1.807) is 7.11 Å². The molecule has 2 rings (SSSR count). The number of pyridine rings is 1. The molecular weight excluding hydrogens is 236 g/mol. The van der Waals surface area contributed by atoms with Crippen molar-refractivity contribution in [3.63, 3.8) is 0 Å². The van der Waals surface area contributed by atoms with Gasteiger partial charge < -0.3 is 9.64 Å². The van der Waals surface area contributed by atoms with Gasteiger partial charge in [0.15, 0.2) is 0 Å². The zero-order chi connectivity index (χ0) is 13.7. The van der Waals surface area contributed by atoms with Gasteiger partial charge in [-0.2, -0.15) is 0 Å². The molecule has 19 heavy (non-hydrogen) atoms. The molecule has 1 aromatic heterocycles. The van der Waals surface area contributed by atoms with E-state index < -0.39 is 0 Å². The minimum atomic E-state index is 0.567. The van der Waals surface area contributed by atoms with Gasteiger partial charge in [0, 0.05) is 31.5 Å². The highest BCUT2D eigenvalue weighted by atomic mass is 16.5. The van der Waals surface area contributed by atoms with Crippen molar-refractivity contribution in [3.05, 3.63) is 29.6 Å². The third-order valence-corrected chi connectivity index (χ3v) is 4.09. The highest BCUT2D eigenvalue weighted by Gasteiger charge is 2.21. The van der Waals surface area contributed by atoms with E-state index in [0.717, 1.165) is 13.2 Å². The first kappa shape index (κ1) is 14.5. The Morgan fingerprint density at radius 3 is 2.58 bits per heavy atom. The van der Waals surface area contributed by atoms with Crippen LogP contribution in [0.1, 0.15) is 49.8 Å². The maximum Gasteiger partial charge on any atom is 0.0589 e. The lowest BCUT2D eigenvalue weighted by Gasteiger charge is -2.31. The molecule has 3 nitrogen and oxygen atoms in total. The second-order valence-electron chi connectivity index (χ2n) is 5.78. The number of ether oxygens (including phenoxy) is 1. The topological polar surface area (TPSA) is 25.4 Å². The first-order valence-corrected chi connectivity index (χ1v) is 7.38. The molecule has 0 saturated carbocycles. The van der Waals surface area contributed by atoms with Gasteiger partial charge in [-0.15, -0.1) is 0 Å². The molecule has 0 unspecified atom stereocenters. The van der Waals surface area contributed by atoms with Crippen molar-refractivity contribution >= 4 is 0 Å². The standard InChI is InChI=1S/C16H26N2O/c1-13(2)15-4-5-16(17-12-15)14-6-8-18(9-7-14)10-11-19-3/h4-5,12-14H,6-11H2,1-3H3. The maximum atomic E-state index is 5.14. The zero-order valence-electron chi connectivity index (χ0n) is 12.4. The minimum absolute atomic E-state index is 0.567. The third-order valence-electron chi connectivity index (χ3n) is 4.09. The van der Waals surface area contributed by atoms with Crippen molar-refractivity contribution in [1.29, 1.82) is 0 Å². The highest BCUT2D eigenvalue weighted by molar-refractivity contribution is 5.19. The molecule has 0 spiro atoms. The second-order valence-corrected chi connectivity index (χ2v) is 5.78. The van der Waals surface area contributed by atoms with Crippen LogP contribution in [-0.2, 0) is 4.74 Å². The lowest BCUT2D eigenvalue weighted by Crippen LogP contribution is -2.35. The Morgan fingerprint density at radius 1 is 1.32 bits per heavy atom. The molecule has 1 saturated heterocycles. The molecule has 0 atom stereocenters. The van der Waals surface area contributed by atoms with Gasteiger partial charge in [0.25, 0.3) is 0 Å². The molecular formula is C16H26N2O. The SMILES string of the molecule is COCCN1CCC(c2ccc(C(C)C)cn2)CC1. The summed E-state index contributed by atoms with van der Waals surface area (Å²) in [6, 6.07) is 4.47. The zero-order valence-corrected chi connectivity index (χ0v) is 12.4. The molecule has 1 aliphatic rings. The van der Waals surface area contributed by atoms with Gasteiger partial charge in [-0.1, -0.05) is 19.9 Å². The molecule has 0 bridgehead atoms. The number of likely N-dealkylation sites (tertiary alicyclic amines) is 1. The molecule has 0 N–H and O–H groups in total. The second kappa shape index (κ2) is 7.01. The van der Waals surface area contributed by atoms with Crippen LogP contribution in [0, 0.1) is 0 Å². The number of aromatic nitrogens is 1. The van der Waals surface area contributed by atoms with E-state index in [1.165, 1.54) is 37.2 Å². The summed E-state index contributed by atoms with van der Waals surface area (Å²) in [5.74, 6) is 1.21. The van der Waals surface area contributed by atoms with Crippen LogP contribution in [-0.4, -0.2) is 43.2 Å². The molecule has 0 aliphatic carbocycles. The fraction of sp³-hybridized carbons (Fsp3) is 0.688. The van der Waals surface area contributed by atoms with Crippen LogP contribution in [0.2, 0.25) is 0 Å². The Labute approximate surface area is 117 Å². The van der Waals surface area contributed by atoms with Gasteiger partial charge in [0.05, 0.1) is 6.61 Å². The lowest BCUT2D eigenvalue weighted by molar-refractivity contribution is 0.130. The smallest absolute Gasteiger partial charge is 0.0589 e. The molecule has 0 radical (unpaired) electrons. The Morgan fingerprint density at radius 2 is 2.05 bits per heavy atom. The average Bonchev–Trinajstić information content (AvgIpc) is 2.46. The molecule has 106 valence electrons. The molecule has 2 heterocycles. The van der Waals surface area contributed by atoms with Gasteiger partial charge in [-0.3, -0.25) is 4.98 Å². The van der Waals surface area contributed by atoms with E-state index in [2.05, 4.69) is 42.1 Å². The first-order valence-electron chi connectivity index (χ1n) is 7.38. The normalized spacial score (nSPS) is 18.1. The molecule has 1 fully saturated rings. The fourth-order valence-electron chi connectivity index (χ4n) is 2.67. The van der Waals surface area contributed by atoms with Gasteiger partial charge in [-0.25, -0.2) is 0 Å². The molecule has 0 amide bonds. The Kier molecular flexibility index (Phi) is 5.34. The summed E-state index contributed by atoms with van der Waals surface area (Å²) in [7, 11) is 1.77. The van der Waals surface area contributed by atoms with Crippen LogP contribution in [0.15, 0.2) is 18.3 Å². The van der Waals surface area contributed by atoms with Crippen molar-refractivity contribution in [2.24, 2.45) is 0 Å². The average molecular weight is 262 g/mol. The quantitative estimate of drug-likeness (QED) is 0.815. The first-order chi connectivity index (χ1) is 9.20. The Balaban J connectivity index is 1.87. The largest absolute Gasteiger partial charge is 0.383 e. The van der Waals surface area contributed by atoms with E-state index in [1.807, 2.05) is 0 Å². The summed E-state index contributed by atoms with van der Waals surface area (Å²) in [6.07, 6.45) is 4.49. The lowest BCUT2D eigenvalue weighted by atomic mass is 9.92. The van der Waals surface area contributed by atoms with Crippen molar-refractivity contribution < 1.29 is 4.74 Å². The third kappa shape index (κ3) is 4.02. The van der Waals surface area contributed by atoms with Crippen molar-refractivity contribution in [1.82, 2.24) is 9.88 Å². The van der Waals surface area contributed by atoms with E-state index in [-0.39, 0.29) is 0 Å². The molecule has 3 heteroatoms. The summed E-state index contributed by atoms with van der Waals surface area (Å²) in [5, 5.41) is 0.